The van der Waals surface area contributed by atoms with E-state index in [9.17, 15) is 0 Å². The molecule has 2 aliphatic rings. The number of hydrogen-bond donors (Lipinski definition) is 0. The zero-order chi connectivity index (χ0) is 32.8. The van der Waals surface area contributed by atoms with E-state index in [1.807, 2.05) is 24.3 Å². The second-order valence-corrected chi connectivity index (χ2v) is 13.1. The Morgan fingerprint density at radius 2 is 1.02 bits per heavy atom. The van der Waals surface area contributed by atoms with Crippen LogP contribution in [0.5, 0.6) is 11.5 Å². The number of ether oxygens (including phenoxy) is 6. The molecule has 0 unspecified atom stereocenters. The lowest BCUT2D eigenvalue weighted by Gasteiger charge is -2.40. The second kappa shape index (κ2) is 17.7. The van der Waals surface area contributed by atoms with E-state index in [-0.39, 0.29) is 10.8 Å². The van der Waals surface area contributed by atoms with Crippen LogP contribution in [0.1, 0.15) is 67.3 Å². The predicted molar refractivity (Wildman–Crippen MR) is 191 cm³/mol. The highest BCUT2D eigenvalue weighted by Crippen LogP contribution is 2.32. The third-order valence-corrected chi connectivity index (χ3v) is 9.33. The molecule has 0 aliphatic carbocycles. The largest absolute Gasteiger partial charge is 0.494 e. The van der Waals surface area contributed by atoms with Crippen LogP contribution >= 0.6 is 0 Å². The van der Waals surface area contributed by atoms with Crippen LogP contribution in [-0.2, 0) is 18.9 Å². The topological polar surface area (TPSA) is 55.4 Å². The van der Waals surface area contributed by atoms with Gasteiger partial charge in [-0.1, -0.05) is 80.6 Å². The maximum atomic E-state index is 5.91. The van der Waals surface area contributed by atoms with Crippen LogP contribution in [0.25, 0.3) is 24.3 Å². The van der Waals surface area contributed by atoms with E-state index in [1.165, 1.54) is 16.7 Å². The fourth-order valence-electron chi connectivity index (χ4n) is 5.56. The average molecular weight is 641 g/mol. The summed E-state index contributed by atoms with van der Waals surface area (Å²) < 4.78 is 34.3. The van der Waals surface area contributed by atoms with Crippen molar-refractivity contribution in [1.29, 1.82) is 0 Å². The van der Waals surface area contributed by atoms with Crippen LogP contribution in [0.3, 0.4) is 0 Å². The summed E-state index contributed by atoms with van der Waals surface area (Å²) in [5.41, 5.74) is 6.38. The Hall–Kier alpha value is -3.42. The van der Waals surface area contributed by atoms with Crippen molar-refractivity contribution < 1.29 is 28.4 Å². The Labute approximate surface area is 281 Å². The van der Waals surface area contributed by atoms with Crippen molar-refractivity contribution in [2.24, 2.45) is 10.8 Å². The monoisotopic (exact) mass is 640 g/mol. The van der Waals surface area contributed by atoms with Gasteiger partial charge in [-0.05, 0) is 71.8 Å². The summed E-state index contributed by atoms with van der Waals surface area (Å²) in [6.07, 6.45) is 12.6. The summed E-state index contributed by atoms with van der Waals surface area (Å²) in [5, 5.41) is 0. The summed E-state index contributed by atoms with van der Waals surface area (Å²) in [4.78, 5) is 0. The van der Waals surface area contributed by atoms with Crippen LogP contribution in [0, 0.1) is 17.8 Å². The molecule has 2 aliphatic heterocycles. The average Bonchev–Trinajstić information content (AvgIpc) is 3.06. The summed E-state index contributed by atoms with van der Waals surface area (Å²) in [6.45, 7) is 14.2. The Morgan fingerprint density at radius 3 is 1.45 bits per heavy atom. The first-order chi connectivity index (χ1) is 23.0. The number of rotatable bonds is 20. The Morgan fingerprint density at radius 1 is 0.574 bits per heavy atom. The second-order valence-electron chi connectivity index (χ2n) is 13.1. The van der Waals surface area contributed by atoms with E-state index in [2.05, 4.69) is 87.5 Å². The first-order valence-corrected chi connectivity index (χ1v) is 17.2. The number of benzene rings is 3. The molecule has 47 heavy (non-hydrogen) atoms. The first kappa shape index (κ1) is 34.9. The van der Waals surface area contributed by atoms with Crippen LogP contribution in [0.2, 0.25) is 0 Å². The van der Waals surface area contributed by atoms with Crippen molar-refractivity contribution in [3.05, 3.63) is 94.5 Å². The normalized spacial score (nSPS) is 16.7. The maximum absolute atomic E-state index is 5.91. The third-order valence-electron chi connectivity index (χ3n) is 9.33. The smallest absolute Gasteiger partial charge is 0.119 e. The molecule has 0 saturated carbocycles. The highest BCUT2D eigenvalue weighted by atomic mass is 16.5. The highest BCUT2D eigenvalue weighted by molar-refractivity contribution is 5.74. The minimum atomic E-state index is 0.243. The molecule has 252 valence electrons. The molecular formula is C41H52O6. The molecule has 6 heteroatoms. The zero-order valence-corrected chi connectivity index (χ0v) is 28.5. The molecule has 0 amide bonds. The van der Waals surface area contributed by atoms with Crippen LogP contribution in [0.15, 0.2) is 66.7 Å². The minimum Gasteiger partial charge on any atom is -0.494 e. The fourth-order valence-corrected chi connectivity index (χ4v) is 5.56. The van der Waals surface area contributed by atoms with E-state index in [0.717, 1.165) is 88.0 Å². The maximum Gasteiger partial charge on any atom is 0.119 e. The van der Waals surface area contributed by atoms with Gasteiger partial charge >= 0.3 is 0 Å². The molecule has 0 atom stereocenters. The van der Waals surface area contributed by atoms with Gasteiger partial charge in [0.1, 0.15) is 11.5 Å². The fraction of sp³-hybridized carbons (Fsp3) is 0.463. The molecule has 2 saturated heterocycles. The molecule has 5 rings (SSSR count). The third kappa shape index (κ3) is 10.5. The van der Waals surface area contributed by atoms with E-state index in [4.69, 9.17) is 28.4 Å². The highest BCUT2D eigenvalue weighted by Gasteiger charge is 2.37. The van der Waals surface area contributed by atoms with E-state index in [0.29, 0.717) is 26.4 Å². The molecule has 0 aromatic heterocycles. The molecule has 0 N–H and O–H groups in total. The van der Waals surface area contributed by atoms with Crippen molar-refractivity contribution in [3.8, 4) is 11.5 Å². The molecule has 0 radical (unpaired) electrons. The lowest BCUT2D eigenvalue weighted by molar-refractivity contribution is -0.150. The van der Waals surface area contributed by atoms with Crippen molar-refractivity contribution in [2.45, 2.75) is 46.5 Å². The van der Waals surface area contributed by atoms with E-state index < -0.39 is 0 Å². The molecule has 6 nitrogen and oxygen atoms in total. The summed E-state index contributed by atoms with van der Waals surface area (Å²) in [7, 11) is 0. The summed E-state index contributed by atoms with van der Waals surface area (Å²) >= 11 is 0. The minimum absolute atomic E-state index is 0.243. The van der Waals surface area contributed by atoms with Crippen molar-refractivity contribution in [1.82, 2.24) is 0 Å². The quantitative estimate of drug-likeness (QED) is 0.0909. The standard InChI is InChI=1S/C41H52O6/c1-4-40(29-44-30-40)27-42-22-6-24-46-38-18-12-34(13-19-38)8-9-36-11-17-37(33(3)26-36)16-10-35-14-20-39(21-15-35)47-25-7-23-43-28-41(5-2)31-45-32-41/h8-21,26H,4-7,22-25,27-32H2,1-3H3/b9-8+,16-10+. The van der Waals surface area contributed by atoms with Gasteiger partial charge in [0.2, 0.25) is 0 Å². The molecule has 0 bridgehead atoms. The Bertz CT molecular complexity index is 1410. The lowest BCUT2D eigenvalue weighted by Crippen LogP contribution is -2.45. The van der Waals surface area contributed by atoms with Gasteiger partial charge in [-0.25, -0.2) is 0 Å². The van der Waals surface area contributed by atoms with Gasteiger partial charge in [0, 0.05) is 36.9 Å². The SMILES string of the molecule is CCC1(COCCCOc2ccc(/C=C/c3ccc(/C=C/c4ccc(OCCCOCC5(CC)COC5)cc4)c(C)c3)cc2)COC1. The number of aryl methyl sites for hydroxylation is 1. The van der Waals surface area contributed by atoms with E-state index in [1.54, 1.807) is 0 Å². The Kier molecular flexibility index (Phi) is 13.1. The zero-order valence-electron chi connectivity index (χ0n) is 28.5. The first-order valence-electron chi connectivity index (χ1n) is 17.2. The van der Waals surface area contributed by atoms with Gasteiger partial charge in [0.05, 0.1) is 52.9 Å². The molecule has 0 spiro atoms. The van der Waals surface area contributed by atoms with Gasteiger partial charge in [-0.3, -0.25) is 0 Å². The molecule has 3 aromatic rings. The van der Waals surface area contributed by atoms with Crippen LogP contribution in [-0.4, -0.2) is 66.1 Å². The summed E-state index contributed by atoms with van der Waals surface area (Å²) in [6, 6.07) is 23.0. The van der Waals surface area contributed by atoms with Gasteiger partial charge in [-0.15, -0.1) is 0 Å². The molecule has 2 fully saturated rings. The predicted octanol–water partition coefficient (Wildman–Crippen LogP) is 8.76. The van der Waals surface area contributed by atoms with Crippen molar-refractivity contribution >= 4 is 24.3 Å². The Balaban J connectivity index is 0.987. The van der Waals surface area contributed by atoms with Crippen molar-refractivity contribution in [3.63, 3.8) is 0 Å². The molecule has 3 aromatic carbocycles. The van der Waals surface area contributed by atoms with Gasteiger partial charge < -0.3 is 28.4 Å². The van der Waals surface area contributed by atoms with Gasteiger partial charge in [0.25, 0.3) is 0 Å². The molecule has 2 heterocycles. The molecular weight excluding hydrogens is 588 g/mol. The lowest BCUT2D eigenvalue weighted by atomic mass is 9.84. The van der Waals surface area contributed by atoms with Crippen molar-refractivity contribution in [2.75, 3.05) is 66.1 Å². The van der Waals surface area contributed by atoms with Crippen LogP contribution in [0.4, 0.5) is 0 Å². The van der Waals surface area contributed by atoms with Gasteiger partial charge in [-0.2, -0.15) is 0 Å². The summed E-state index contributed by atoms with van der Waals surface area (Å²) in [5.74, 6) is 1.77. The van der Waals surface area contributed by atoms with Gasteiger partial charge in [0.15, 0.2) is 0 Å². The number of hydrogen-bond acceptors (Lipinski definition) is 6. The van der Waals surface area contributed by atoms with E-state index >= 15 is 0 Å². The van der Waals surface area contributed by atoms with Crippen LogP contribution < -0.4 is 9.47 Å².